The van der Waals surface area contributed by atoms with E-state index in [2.05, 4.69) is 28.1 Å². The van der Waals surface area contributed by atoms with E-state index in [1.165, 1.54) is 10.0 Å². The van der Waals surface area contributed by atoms with Crippen molar-refractivity contribution in [3.63, 3.8) is 0 Å². The van der Waals surface area contributed by atoms with E-state index in [9.17, 15) is 29.7 Å². The number of hydrogen-bond donors (Lipinski definition) is 3. The van der Waals surface area contributed by atoms with Crippen molar-refractivity contribution in [2.75, 3.05) is 62.4 Å². The molecule has 0 aliphatic carbocycles. The number of rotatable bonds is 9. The van der Waals surface area contributed by atoms with Crippen molar-refractivity contribution in [2.45, 2.75) is 77.3 Å². The van der Waals surface area contributed by atoms with Gasteiger partial charge in [-0.1, -0.05) is 50.2 Å². The Morgan fingerprint density at radius 1 is 0.597 bits per heavy atom. The van der Waals surface area contributed by atoms with E-state index in [4.69, 9.17) is 0 Å². The van der Waals surface area contributed by atoms with Crippen molar-refractivity contribution in [2.24, 2.45) is 5.92 Å². The third-order valence-corrected chi connectivity index (χ3v) is 13.7. The SMILES string of the molecule is Cc1ccc(C(=O)N2CCC(c3ccc(C#N)cc3)CC2)cc1N(C(=O)NC1CNC1)N(C(=O)NC1CN(C(=O)C(C)C)C1)c1cc(C(=O)N2CCC(c3ccc(C#N)cc3)CC2)ccc1C. The zero-order chi connectivity index (χ0) is 47.4. The maximum absolute atomic E-state index is 15.0. The predicted molar refractivity (Wildman–Crippen MR) is 254 cm³/mol. The van der Waals surface area contributed by atoms with Crippen LogP contribution >= 0.6 is 0 Å². The normalized spacial score (nSPS) is 16.9. The van der Waals surface area contributed by atoms with Crippen molar-refractivity contribution in [3.8, 4) is 12.1 Å². The molecule has 3 N–H and O–H groups in total. The van der Waals surface area contributed by atoms with E-state index in [0.29, 0.717) is 97.1 Å². The van der Waals surface area contributed by atoms with Gasteiger partial charge in [-0.15, -0.1) is 0 Å². The van der Waals surface area contributed by atoms with E-state index in [1.807, 2.05) is 86.0 Å². The number of likely N-dealkylation sites (tertiary alicyclic amines) is 3. The Morgan fingerprint density at radius 3 is 1.36 bits per heavy atom. The molecule has 0 saturated carbocycles. The number of aryl methyl sites for hydroxylation is 2. The molecule has 0 bridgehead atoms. The Hall–Kier alpha value is -7.23. The van der Waals surface area contributed by atoms with Crippen LogP contribution in [0.15, 0.2) is 84.9 Å². The number of nitriles is 2. The fourth-order valence-electron chi connectivity index (χ4n) is 9.39. The van der Waals surface area contributed by atoms with Crippen LogP contribution < -0.4 is 26.0 Å². The first kappa shape index (κ1) is 46.3. The number of benzene rings is 4. The average Bonchev–Trinajstić information content (AvgIpc) is 3.33. The second-order valence-corrected chi connectivity index (χ2v) is 18.6. The summed E-state index contributed by atoms with van der Waals surface area (Å²) in [6, 6.07) is 28.1. The van der Waals surface area contributed by atoms with Gasteiger partial charge < -0.3 is 30.7 Å². The van der Waals surface area contributed by atoms with Gasteiger partial charge in [0, 0.05) is 69.4 Å². The number of nitrogens with one attached hydrogen (secondary N) is 3. The second-order valence-electron chi connectivity index (χ2n) is 18.6. The van der Waals surface area contributed by atoms with Crippen molar-refractivity contribution >= 4 is 41.2 Å². The number of carbonyl (C=O) groups excluding carboxylic acids is 5. The molecule has 4 aliphatic heterocycles. The Balaban J connectivity index is 1.10. The topological polar surface area (TPSA) is 185 Å². The third kappa shape index (κ3) is 10.1. The second kappa shape index (κ2) is 20.1. The predicted octanol–water partition coefficient (Wildman–Crippen LogP) is 6.57. The van der Waals surface area contributed by atoms with Crippen LogP contribution in [0.1, 0.15) is 105 Å². The van der Waals surface area contributed by atoms with E-state index < -0.39 is 18.1 Å². The molecule has 4 saturated heterocycles. The van der Waals surface area contributed by atoms with Gasteiger partial charge >= 0.3 is 12.1 Å². The largest absolute Gasteiger partial charge is 0.341 e. The average molecular weight is 903 g/mol. The lowest BCUT2D eigenvalue weighted by atomic mass is 9.89. The number of amides is 7. The lowest BCUT2D eigenvalue weighted by molar-refractivity contribution is -0.139. The highest BCUT2D eigenvalue weighted by atomic mass is 16.2. The first-order valence-corrected chi connectivity index (χ1v) is 23.3. The molecule has 346 valence electrons. The lowest BCUT2D eigenvalue weighted by Crippen LogP contribution is -2.67. The van der Waals surface area contributed by atoms with Crippen LogP contribution in [0.4, 0.5) is 21.0 Å². The van der Waals surface area contributed by atoms with E-state index in [-0.39, 0.29) is 41.5 Å². The molecule has 67 heavy (non-hydrogen) atoms. The molecular weight excluding hydrogens is 845 g/mol. The highest BCUT2D eigenvalue weighted by Crippen LogP contribution is 2.35. The summed E-state index contributed by atoms with van der Waals surface area (Å²) in [5.41, 5.74) is 6.04. The number of nitrogens with zero attached hydrogens (tertiary/aromatic N) is 7. The summed E-state index contributed by atoms with van der Waals surface area (Å²) in [4.78, 5) is 76.7. The van der Waals surface area contributed by atoms with Gasteiger partial charge in [0.1, 0.15) is 0 Å². The van der Waals surface area contributed by atoms with Crippen molar-refractivity contribution in [1.82, 2.24) is 30.7 Å². The van der Waals surface area contributed by atoms with Crippen molar-refractivity contribution in [3.05, 3.63) is 129 Å². The molecule has 0 unspecified atom stereocenters. The van der Waals surface area contributed by atoms with Gasteiger partial charge in [0.15, 0.2) is 0 Å². The smallest absolute Gasteiger partial charge is 0.339 e. The summed E-state index contributed by atoms with van der Waals surface area (Å²) >= 11 is 0. The molecule has 4 aromatic carbocycles. The molecular formula is C52H58N10O5. The van der Waals surface area contributed by atoms with Crippen LogP contribution in [0, 0.1) is 42.4 Å². The van der Waals surface area contributed by atoms with Gasteiger partial charge in [-0.3, -0.25) is 14.4 Å². The molecule has 7 amide bonds. The first-order chi connectivity index (χ1) is 32.3. The van der Waals surface area contributed by atoms with Gasteiger partial charge in [0.25, 0.3) is 11.8 Å². The van der Waals surface area contributed by atoms with E-state index in [1.54, 1.807) is 41.3 Å². The molecule has 4 heterocycles. The summed E-state index contributed by atoms with van der Waals surface area (Å²) in [6.45, 7) is 11.1. The number of piperidine rings is 2. The van der Waals surface area contributed by atoms with Crippen LogP contribution in [-0.2, 0) is 4.79 Å². The molecule has 0 radical (unpaired) electrons. The molecule has 0 spiro atoms. The minimum absolute atomic E-state index is 0.0175. The van der Waals surface area contributed by atoms with Gasteiger partial charge in [0.2, 0.25) is 5.91 Å². The summed E-state index contributed by atoms with van der Waals surface area (Å²) in [7, 11) is 0. The van der Waals surface area contributed by atoms with Gasteiger partial charge in [0.05, 0.1) is 46.7 Å². The standard InChI is InChI=1S/C52H58N10O5/c1-33(2)48(63)60-31-45(32-60)57-52(67)62(47-26-43(12-6-35(47)4)50(65)59-23-19-41(20-24-59)39-15-9-37(28-54)10-16-39)61(51(66)56-44-29-55-30-44)46-25-42(11-5-34(46)3)49(64)58-21-17-40(18-22-58)38-13-7-36(27-53)8-14-38/h5-16,25-26,33,40-41,44-45,55H,17-24,29-32H2,1-4H3,(H,56,66)(H,57,67). The summed E-state index contributed by atoms with van der Waals surface area (Å²) < 4.78 is 0. The molecule has 4 aromatic rings. The summed E-state index contributed by atoms with van der Waals surface area (Å²) in [6.07, 6.45) is 2.99. The maximum atomic E-state index is 15.0. The summed E-state index contributed by atoms with van der Waals surface area (Å²) in [5, 5.41) is 30.4. The molecule has 8 rings (SSSR count). The van der Waals surface area contributed by atoms with Crippen LogP contribution in [0.5, 0.6) is 0 Å². The molecule has 0 aromatic heterocycles. The first-order valence-electron chi connectivity index (χ1n) is 23.3. The fraction of sp³-hybridized carbons (Fsp3) is 0.404. The zero-order valence-corrected chi connectivity index (χ0v) is 38.6. The van der Waals surface area contributed by atoms with Crippen LogP contribution in [0.3, 0.4) is 0 Å². The van der Waals surface area contributed by atoms with Gasteiger partial charge in [-0.2, -0.15) is 20.5 Å². The molecule has 15 heteroatoms. The third-order valence-electron chi connectivity index (χ3n) is 13.7. The Labute approximate surface area is 392 Å². The van der Waals surface area contributed by atoms with Crippen molar-refractivity contribution in [1.29, 1.82) is 10.5 Å². The van der Waals surface area contributed by atoms with Gasteiger partial charge in [-0.25, -0.2) is 9.59 Å². The Bertz CT molecular complexity index is 2590. The number of urea groups is 2. The van der Waals surface area contributed by atoms with Gasteiger partial charge in [-0.05, 0) is 122 Å². The Kier molecular flexibility index (Phi) is 13.9. The fourth-order valence-corrected chi connectivity index (χ4v) is 9.39. The van der Waals surface area contributed by atoms with Crippen LogP contribution in [-0.4, -0.2) is 109 Å². The van der Waals surface area contributed by atoms with E-state index in [0.717, 1.165) is 36.8 Å². The van der Waals surface area contributed by atoms with E-state index >= 15 is 4.79 Å². The maximum Gasteiger partial charge on any atom is 0.341 e. The highest BCUT2D eigenvalue weighted by Gasteiger charge is 2.39. The van der Waals surface area contributed by atoms with Crippen LogP contribution in [0.2, 0.25) is 0 Å². The quantitative estimate of drug-likeness (QED) is 0.158. The molecule has 4 aliphatic rings. The minimum Gasteiger partial charge on any atom is -0.339 e. The summed E-state index contributed by atoms with van der Waals surface area (Å²) in [5.74, 6) is -0.135. The van der Waals surface area contributed by atoms with Crippen LogP contribution in [0.25, 0.3) is 0 Å². The number of hydrogen-bond acceptors (Lipinski definition) is 8. The number of carbonyl (C=O) groups is 5. The zero-order valence-electron chi connectivity index (χ0n) is 38.6. The minimum atomic E-state index is -0.638. The van der Waals surface area contributed by atoms with Crippen molar-refractivity contribution < 1.29 is 24.0 Å². The lowest BCUT2D eigenvalue weighted by Gasteiger charge is -2.43. The molecule has 0 atom stereocenters. The molecule has 15 nitrogen and oxygen atoms in total. The monoisotopic (exact) mass is 902 g/mol. The number of hydrazine groups is 1. The number of anilines is 2. The highest BCUT2D eigenvalue weighted by molar-refractivity contribution is 6.08. The Morgan fingerprint density at radius 2 is 1.00 bits per heavy atom. The molecule has 4 fully saturated rings.